The number of rotatable bonds is 6. The molecule has 3 rings (SSSR count). The summed E-state index contributed by atoms with van der Waals surface area (Å²) in [6, 6.07) is 12.0. The van der Waals surface area contributed by atoms with Crippen LogP contribution in [0, 0.1) is 17.7 Å². The number of carbonyl (C=O) groups is 3. The molecule has 0 aromatic heterocycles. The first-order valence-corrected chi connectivity index (χ1v) is 10.8. The number of ether oxygens (including phenoxy) is 1. The van der Waals surface area contributed by atoms with Crippen LogP contribution in [0.3, 0.4) is 0 Å². The van der Waals surface area contributed by atoms with Gasteiger partial charge < -0.3 is 20.3 Å². The van der Waals surface area contributed by atoms with Crippen LogP contribution in [0.5, 0.6) is 0 Å². The van der Waals surface area contributed by atoms with Gasteiger partial charge in [0.05, 0.1) is 12.2 Å². The minimum atomic E-state index is -0.394. The zero-order valence-electron chi connectivity index (χ0n) is 18.3. The molecule has 0 unspecified atom stereocenters. The second-order valence-corrected chi connectivity index (χ2v) is 7.84. The molecule has 0 spiro atoms. The van der Waals surface area contributed by atoms with E-state index in [4.69, 9.17) is 4.74 Å². The van der Waals surface area contributed by atoms with E-state index in [0.717, 1.165) is 0 Å². The predicted octanol–water partition coefficient (Wildman–Crippen LogP) is 4.52. The lowest BCUT2D eigenvalue weighted by atomic mass is 9.85. The lowest BCUT2D eigenvalue weighted by Crippen LogP contribution is -2.43. The van der Waals surface area contributed by atoms with E-state index in [2.05, 4.69) is 10.6 Å². The molecule has 0 saturated carbocycles. The number of amides is 3. The summed E-state index contributed by atoms with van der Waals surface area (Å²) in [5.74, 6) is -0.909. The number of benzene rings is 2. The molecule has 32 heavy (non-hydrogen) atoms. The zero-order chi connectivity index (χ0) is 23.1. The average molecular weight is 442 g/mol. The van der Waals surface area contributed by atoms with Gasteiger partial charge in [0.25, 0.3) is 0 Å². The molecule has 7 nitrogen and oxygen atoms in total. The van der Waals surface area contributed by atoms with E-state index in [1.165, 1.54) is 24.3 Å². The van der Waals surface area contributed by atoms with Crippen molar-refractivity contribution in [2.45, 2.75) is 26.7 Å². The highest BCUT2D eigenvalue weighted by molar-refractivity contribution is 5.94. The highest BCUT2D eigenvalue weighted by atomic mass is 19.1. The number of carbonyl (C=O) groups excluding carboxylic acids is 3. The van der Waals surface area contributed by atoms with Crippen LogP contribution < -0.4 is 10.6 Å². The Bertz CT molecular complexity index is 939. The first-order chi connectivity index (χ1) is 15.4. The molecule has 2 N–H and O–H groups in total. The van der Waals surface area contributed by atoms with Crippen LogP contribution in [0.2, 0.25) is 0 Å². The highest BCUT2D eigenvalue weighted by Gasteiger charge is 2.30. The lowest BCUT2D eigenvalue weighted by molar-refractivity contribution is -0.121. The quantitative estimate of drug-likeness (QED) is 0.645. The largest absolute Gasteiger partial charge is 0.462 e. The fourth-order valence-electron chi connectivity index (χ4n) is 3.71. The molecule has 1 saturated heterocycles. The number of urea groups is 1. The van der Waals surface area contributed by atoms with Crippen LogP contribution in [-0.2, 0) is 9.53 Å². The van der Waals surface area contributed by atoms with E-state index in [-0.39, 0.29) is 29.6 Å². The fourth-order valence-corrected chi connectivity index (χ4v) is 3.71. The van der Waals surface area contributed by atoms with Crippen LogP contribution in [0.1, 0.15) is 37.0 Å². The Balaban J connectivity index is 1.47. The molecule has 0 radical (unpaired) electrons. The first kappa shape index (κ1) is 23.2. The maximum atomic E-state index is 13.0. The minimum Gasteiger partial charge on any atom is -0.462 e. The summed E-state index contributed by atoms with van der Waals surface area (Å²) in [6.07, 6.45) is 1.43. The van der Waals surface area contributed by atoms with Crippen molar-refractivity contribution in [1.29, 1.82) is 0 Å². The number of nitrogens with one attached hydrogen (secondary N) is 2. The second kappa shape index (κ2) is 10.7. The van der Waals surface area contributed by atoms with Gasteiger partial charge in [0.2, 0.25) is 5.91 Å². The third-order valence-corrected chi connectivity index (χ3v) is 5.71. The van der Waals surface area contributed by atoms with E-state index in [1.807, 2.05) is 6.92 Å². The van der Waals surface area contributed by atoms with E-state index >= 15 is 0 Å². The fraction of sp³-hybridized carbons (Fsp3) is 0.375. The maximum Gasteiger partial charge on any atom is 0.338 e. The van der Waals surface area contributed by atoms with Crippen molar-refractivity contribution in [1.82, 2.24) is 4.90 Å². The Morgan fingerprint density at radius 2 is 1.56 bits per heavy atom. The Hall–Kier alpha value is -3.42. The average Bonchev–Trinajstić information content (AvgIpc) is 2.80. The van der Waals surface area contributed by atoms with Gasteiger partial charge in [-0.15, -0.1) is 0 Å². The SMILES string of the molecule is CCOC(=O)c1ccc(NC(=O)[C@@H](C)C2CCN(C(=O)Nc3ccc(F)cc3)CC2)cc1. The molecular formula is C24H28FN3O4. The third-order valence-electron chi connectivity index (χ3n) is 5.71. The van der Waals surface area contributed by atoms with Gasteiger partial charge in [-0.3, -0.25) is 4.79 Å². The van der Waals surface area contributed by atoms with E-state index in [0.29, 0.717) is 49.5 Å². The number of halogens is 1. The Morgan fingerprint density at radius 1 is 1.00 bits per heavy atom. The normalized spacial score (nSPS) is 15.0. The predicted molar refractivity (Wildman–Crippen MR) is 120 cm³/mol. The van der Waals surface area contributed by atoms with Gasteiger partial charge in [-0.1, -0.05) is 6.92 Å². The first-order valence-electron chi connectivity index (χ1n) is 10.8. The molecule has 0 aliphatic carbocycles. The van der Waals surface area contributed by atoms with Crippen LogP contribution in [0.25, 0.3) is 0 Å². The van der Waals surface area contributed by atoms with E-state index < -0.39 is 5.97 Å². The maximum absolute atomic E-state index is 13.0. The zero-order valence-corrected chi connectivity index (χ0v) is 18.3. The van der Waals surface area contributed by atoms with Gasteiger partial charge in [-0.25, -0.2) is 14.0 Å². The summed E-state index contributed by atoms with van der Waals surface area (Å²) in [4.78, 5) is 38.6. The van der Waals surface area contributed by atoms with Crippen LogP contribution >= 0.6 is 0 Å². The van der Waals surface area contributed by atoms with Crippen molar-refractivity contribution in [3.63, 3.8) is 0 Å². The number of anilines is 2. The van der Waals surface area contributed by atoms with Crippen molar-refractivity contribution >= 4 is 29.3 Å². The van der Waals surface area contributed by atoms with E-state index in [9.17, 15) is 18.8 Å². The van der Waals surface area contributed by atoms with Gasteiger partial charge in [-0.2, -0.15) is 0 Å². The summed E-state index contributed by atoms with van der Waals surface area (Å²) in [5.41, 5.74) is 1.59. The number of esters is 1. The number of hydrogen-bond donors (Lipinski definition) is 2. The standard InChI is InChI=1S/C24H28FN3O4/c1-3-32-23(30)18-4-8-20(9-5-18)26-22(29)16(2)17-12-14-28(15-13-17)24(31)27-21-10-6-19(25)7-11-21/h4-11,16-17H,3,12-15H2,1-2H3,(H,26,29)(H,27,31)/t16-/m0/s1. The smallest absolute Gasteiger partial charge is 0.338 e. The monoisotopic (exact) mass is 441 g/mol. The number of likely N-dealkylation sites (tertiary alicyclic amines) is 1. The second-order valence-electron chi connectivity index (χ2n) is 7.84. The summed E-state index contributed by atoms with van der Waals surface area (Å²) in [6.45, 7) is 5.03. The molecule has 1 fully saturated rings. The van der Waals surface area contributed by atoms with Crippen LogP contribution in [-0.4, -0.2) is 42.5 Å². The Kier molecular flexibility index (Phi) is 7.81. The Morgan fingerprint density at radius 3 is 2.16 bits per heavy atom. The molecule has 0 bridgehead atoms. The molecule has 3 amide bonds. The summed E-state index contributed by atoms with van der Waals surface area (Å²) in [5, 5.41) is 5.66. The molecule has 2 aromatic carbocycles. The molecule has 2 aromatic rings. The number of hydrogen-bond acceptors (Lipinski definition) is 4. The van der Waals surface area contributed by atoms with Gasteiger partial charge in [0.1, 0.15) is 5.82 Å². The van der Waals surface area contributed by atoms with Gasteiger partial charge in [0.15, 0.2) is 0 Å². The van der Waals surface area contributed by atoms with Gasteiger partial charge in [0, 0.05) is 30.4 Å². The topological polar surface area (TPSA) is 87.7 Å². The van der Waals surface area contributed by atoms with E-state index in [1.54, 1.807) is 36.1 Å². The summed E-state index contributed by atoms with van der Waals surface area (Å²) in [7, 11) is 0. The molecule has 1 aliphatic rings. The molecule has 1 atom stereocenters. The van der Waals surface area contributed by atoms with Crippen LogP contribution in [0.4, 0.5) is 20.6 Å². The van der Waals surface area contributed by atoms with Crippen LogP contribution in [0.15, 0.2) is 48.5 Å². The van der Waals surface area contributed by atoms with Crippen molar-refractivity contribution in [2.75, 3.05) is 30.3 Å². The van der Waals surface area contributed by atoms with Gasteiger partial charge >= 0.3 is 12.0 Å². The summed E-state index contributed by atoms with van der Waals surface area (Å²) >= 11 is 0. The summed E-state index contributed by atoms with van der Waals surface area (Å²) < 4.78 is 18.0. The molecule has 170 valence electrons. The van der Waals surface area contributed by atoms with Gasteiger partial charge in [-0.05, 0) is 74.2 Å². The van der Waals surface area contributed by atoms with Crippen molar-refractivity contribution in [3.05, 3.63) is 59.9 Å². The molecule has 1 aliphatic heterocycles. The lowest BCUT2D eigenvalue weighted by Gasteiger charge is -2.34. The third kappa shape index (κ3) is 6.06. The Labute approximate surface area is 186 Å². The van der Waals surface area contributed by atoms with Crippen molar-refractivity contribution in [3.8, 4) is 0 Å². The molecule has 8 heteroatoms. The highest BCUT2D eigenvalue weighted by Crippen LogP contribution is 2.26. The minimum absolute atomic E-state index is 0.0944. The number of nitrogens with zero attached hydrogens (tertiary/aromatic N) is 1. The molecular weight excluding hydrogens is 413 g/mol. The van der Waals surface area contributed by atoms with Crippen molar-refractivity contribution in [2.24, 2.45) is 11.8 Å². The molecule has 1 heterocycles. The van der Waals surface area contributed by atoms with Crippen molar-refractivity contribution < 1.29 is 23.5 Å². The number of piperidine rings is 1.